The Morgan fingerprint density at radius 2 is 2.15 bits per heavy atom. The quantitative estimate of drug-likeness (QED) is 0.585. The summed E-state index contributed by atoms with van der Waals surface area (Å²) in [6.07, 6.45) is -3.71. The number of hydrogen-bond donors (Lipinski definition) is 1. The monoisotopic (exact) mass is 195 g/mol. The number of hydrogen-bond acceptors (Lipinski definition) is 3. The van der Waals surface area contributed by atoms with Gasteiger partial charge in [-0.15, -0.1) is 0 Å². The Bertz CT molecular complexity index is 234. The molecule has 3 nitrogen and oxygen atoms in total. The van der Waals surface area contributed by atoms with E-state index in [0.29, 0.717) is 12.5 Å². The van der Waals surface area contributed by atoms with Gasteiger partial charge in [0.2, 0.25) is 0 Å². The summed E-state index contributed by atoms with van der Waals surface area (Å²) in [6.45, 7) is 0.298. The van der Waals surface area contributed by atoms with Crippen LogP contribution >= 0.6 is 0 Å². The van der Waals surface area contributed by atoms with Gasteiger partial charge in [0, 0.05) is 6.54 Å². The fourth-order valence-electron chi connectivity index (χ4n) is 0.861. The van der Waals surface area contributed by atoms with Crippen molar-refractivity contribution in [2.24, 2.45) is 0 Å². The Morgan fingerprint density at radius 1 is 1.46 bits per heavy atom. The minimum absolute atomic E-state index is 0.146. The summed E-state index contributed by atoms with van der Waals surface area (Å²) >= 11 is 0. The van der Waals surface area contributed by atoms with Crippen molar-refractivity contribution in [1.82, 2.24) is 5.32 Å². The number of alkyl halides is 3. The molecule has 0 bridgehead atoms. The summed E-state index contributed by atoms with van der Waals surface area (Å²) in [5, 5.41) is 2.13. The molecular weight excluding hydrogens is 187 g/mol. The number of carbonyl (C=O) groups excluding carboxylic acids is 1. The van der Waals surface area contributed by atoms with Crippen molar-refractivity contribution in [1.29, 1.82) is 0 Å². The molecule has 13 heavy (non-hydrogen) atoms. The molecule has 0 aromatic heterocycles. The molecule has 1 aliphatic rings. The maximum atomic E-state index is 12.1. The minimum Gasteiger partial charge on any atom is -0.462 e. The number of carbonyl (C=O) groups is 1. The number of cyclic esters (lactones) is 1. The third kappa shape index (κ3) is 2.96. The molecule has 6 heteroatoms. The van der Waals surface area contributed by atoms with Crippen LogP contribution in [0.5, 0.6) is 0 Å². The molecule has 0 amide bonds. The first-order chi connectivity index (χ1) is 6.00. The van der Waals surface area contributed by atoms with E-state index in [-0.39, 0.29) is 13.2 Å². The highest BCUT2D eigenvalue weighted by molar-refractivity contribution is 5.83. The lowest BCUT2D eigenvalue weighted by molar-refractivity contribution is -0.139. The second kappa shape index (κ2) is 3.68. The van der Waals surface area contributed by atoms with Crippen LogP contribution in [0.25, 0.3) is 0 Å². The van der Waals surface area contributed by atoms with Gasteiger partial charge in [-0.3, -0.25) is 0 Å². The molecule has 0 fully saturated rings. The molecule has 0 aromatic rings. The molecule has 0 radical (unpaired) electrons. The second-order valence-electron chi connectivity index (χ2n) is 2.50. The van der Waals surface area contributed by atoms with Gasteiger partial charge in [-0.25, -0.2) is 4.79 Å². The highest BCUT2D eigenvalue weighted by Gasteiger charge is 2.34. The molecule has 0 spiro atoms. The summed E-state index contributed by atoms with van der Waals surface area (Å²) in [4.78, 5) is 10.7. The van der Waals surface area contributed by atoms with Crippen LogP contribution in [0.4, 0.5) is 13.2 Å². The predicted octanol–water partition coefficient (Wildman–Crippen LogP) is 0.969. The van der Waals surface area contributed by atoms with E-state index < -0.39 is 17.8 Å². The average molecular weight is 195 g/mol. The van der Waals surface area contributed by atoms with Crippen molar-refractivity contribution < 1.29 is 22.7 Å². The summed E-state index contributed by atoms with van der Waals surface area (Å²) in [7, 11) is 0. The van der Waals surface area contributed by atoms with Crippen molar-refractivity contribution in [3.05, 3.63) is 11.8 Å². The Labute approximate surface area is 72.6 Å². The van der Waals surface area contributed by atoms with Crippen molar-refractivity contribution in [2.45, 2.75) is 12.6 Å². The smallest absolute Gasteiger partial charge is 0.431 e. The highest BCUT2D eigenvalue weighted by atomic mass is 19.4. The number of allylic oxidation sites excluding steroid dienone is 1. The van der Waals surface area contributed by atoms with E-state index >= 15 is 0 Å². The van der Waals surface area contributed by atoms with Crippen LogP contribution in [0.15, 0.2) is 11.8 Å². The van der Waals surface area contributed by atoms with Gasteiger partial charge >= 0.3 is 12.1 Å². The van der Waals surface area contributed by atoms with E-state index in [1.54, 1.807) is 0 Å². The van der Waals surface area contributed by atoms with Gasteiger partial charge in [-0.1, -0.05) is 0 Å². The molecule has 1 rings (SSSR count). The number of halogens is 3. The van der Waals surface area contributed by atoms with E-state index in [9.17, 15) is 18.0 Å². The third-order valence-electron chi connectivity index (χ3n) is 1.45. The number of ether oxygens (including phenoxy) is 1. The molecule has 0 saturated carbocycles. The molecule has 1 heterocycles. The normalized spacial score (nSPS) is 23.3. The molecule has 0 atom stereocenters. The summed E-state index contributed by atoms with van der Waals surface area (Å²) in [5.74, 6) is -0.959. The Hall–Kier alpha value is -1.20. The van der Waals surface area contributed by atoms with Crippen LogP contribution in [0, 0.1) is 0 Å². The van der Waals surface area contributed by atoms with Gasteiger partial charge in [0.05, 0.1) is 12.7 Å². The summed E-state index contributed by atoms with van der Waals surface area (Å²) in [6, 6.07) is 0. The van der Waals surface area contributed by atoms with E-state index in [2.05, 4.69) is 10.1 Å². The van der Waals surface area contributed by atoms with Crippen LogP contribution in [0.1, 0.15) is 6.42 Å². The molecule has 0 unspecified atom stereocenters. The average Bonchev–Trinajstić information content (AvgIpc) is 1.94. The van der Waals surface area contributed by atoms with Crippen LogP contribution in [-0.2, 0) is 9.53 Å². The first-order valence-electron chi connectivity index (χ1n) is 3.69. The van der Waals surface area contributed by atoms with Crippen molar-refractivity contribution in [3.63, 3.8) is 0 Å². The largest absolute Gasteiger partial charge is 0.462 e. The van der Waals surface area contributed by atoms with Gasteiger partial charge in [-0.05, 0) is 6.42 Å². The van der Waals surface area contributed by atoms with Gasteiger partial charge in [0.15, 0.2) is 0 Å². The van der Waals surface area contributed by atoms with Crippen LogP contribution in [-0.4, -0.2) is 25.3 Å². The Balaban J connectivity index is 2.78. The van der Waals surface area contributed by atoms with Gasteiger partial charge < -0.3 is 10.1 Å². The van der Waals surface area contributed by atoms with Crippen LogP contribution < -0.4 is 5.32 Å². The molecule has 74 valence electrons. The fraction of sp³-hybridized carbons (Fsp3) is 0.571. The Morgan fingerprint density at radius 3 is 2.77 bits per heavy atom. The van der Waals surface area contributed by atoms with Crippen molar-refractivity contribution in [3.8, 4) is 0 Å². The summed E-state index contributed by atoms with van der Waals surface area (Å²) in [5.41, 5.74) is -1.04. The van der Waals surface area contributed by atoms with Crippen molar-refractivity contribution >= 4 is 5.97 Å². The maximum Gasteiger partial charge on any atom is 0.431 e. The SMILES string of the molecule is O=C1/C=C(/C(F)(F)F)NCCCO1. The second-order valence-corrected chi connectivity index (χ2v) is 2.50. The van der Waals surface area contributed by atoms with E-state index in [1.807, 2.05) is 0 Å². The zero-order valence-electron chi connectivity index (χ0n) is 6.65. The maximum absolute atomic E-state index is 12.1. The van der Waals surface area contributed by atoms with Gasteiger partial charge in [0.25, 0.3) is 0 Å². The lowest BCUT2D eigenvalue weighted by Gasteiger charge is -2.16. The van der Waals surface area contributed by atoms with Crippen LogP contribution in [0.2, 0.25) is 0 Å². The molecular formula is C7H8F3NO2. The molecule has 0 saturated heterocycles. The predicted molar refractivity (Wildman–Crippen MR) is 37.7 cm³/mol. The molecule has 0 aromatic carbocycles. The van der Waals surface area contributed by atoms with E-state index in [1.165, 1.54) is 0 Å². The number of nitrogens with one attached hydrogen (secondary N) is 1. The van der Waals surface area contributed by atoms with Crippen LogP contribution in [0.3, 0.4) is 0 Å². The number of rotatable bonds is 0. The first-order valence-corrected chi connectivity index (χ1v) is 3.69. The minimum atomic E-state index is -4.52. The zero-order valence-corrected chi connectivity index (χ0v) is 6.65. The van der Waals surface area contributed by atoms with Gasteiger partial charge in [-0.2, -0.15) is 13.2 Å². The molecule has 0 aliphatic carbocycles. The third-order valence-corrected chi connectivity index (χ3v) is 1.45. The zero-order chi connectivity index (χ0) is 9.90. The lowest BCUT2D eigenvalue weighted by Crippen LogP contribution is -2.30. The van der Waals surface area contributed by atoms with Gasteiger partial charge in [0.1, 0.15) is 5.70 Å². The van der Waals surface area contributed by atoms with E-state index in [0.717, 1.165) is 0 Å². The standard InChI is InChI=1S/C7H8F3NO2/c8-7(9,10)5-4-6(12)13-3-1-2-11-5/h4,11H,1-3H2/b5-4-. The molecule has 1 aliphatic heterocycles. The summed E-state index contributed by atoms with van der Waals surface area (Å²) < 4.78 is 40.7. The van der Waals surface area contributed by atoms with Crippen molar-refractivity contribution in [2.75, 3.05) is 13.2 Å². The highest BCUT2D eigenvalue weighted by Crippen LogP contribution is 2.23. The van der Waals surface area contributed by atoms with E-state index in [4.69, 9.17) is 0 Å². The lowest BCUT2D eigenvalue weighted by atomic mass is 10.3. The number of esters is 1. The molecule has 1 N–H and O–H groups in total. The topological polar surface area (TPSA) is 38.3 Å². The Kier molecular flexibility index (Phi) is 2.79. The first kappa shape index (κ1) is 9.88. The fourth-order valence-corrected chi connectivity index (χ4v) is 0.861.